The maximum absolute atomic E-state index is 5.91. The van der Waals surface area contributed by atoms with Gasteiger partial charge in [0, 0.05) is 38.9 Å². The van der Waals surface area contributed by atoms with E-state index in [0.717, 1.165) is 13.2 Å². The van der Waals surface area contributed by atoms with Gasteiger partial charge in [0.25, 0.3) is 0 Å². The van der Waals surface area contributed by atoms with Crippen molar-refractivity contribution in [2.75, 3.05) is 38.7 Å². The molecule has 0 aliphatic carbocycles. The molecule has 2 N–H and O–H groups in total. The third kappa shape index (κ3) is 3.14. The average molecular weight is 277 g/mol. The van der Waals surface area contributed by atoms with Crippen LogP contribution in [-0.4, -0.2) is 50.8 Å². The standard InChI is InChI=1S/C16H27N3O/c1-12(2)19-9-10-20-15(11-17)16(19)13-5-7-14(8-6-13)18(3)4/h5-8,12,15-16H,9-11,17H2,1-4H3. The Labute approximate surface area is 122 Å². The zero-order chi connectivity index (χ0) is 14.7. The van der Waals surface area contributed by atoms with Gasteiger partial charge >= 0.3 is 0 Å². The van der Waals surface area contributed by atoms with E-state index in [1.807, 2.05) is 0 Å². The molecule has 20 heavy (non-hydrogen) atoms. The number of morpholine rings is 1. The van der Waals surface area contributed by atoms with Gasteiger partial charge in [0.05, 0.1) is 18.8 Å². The first-order valence-corrected chi connectivity index (χ1v) is 7.39. The van der Waals surface area contributed by atoms with E-state index in [-0.39, 0.29) is 12.1 Å². The van der Waals surface area contributed by atoms with Crippen LogP contribution in [0.2, 0.25) is 0 Å². The minimum atomic E-state index is 0.0800. The molecule has 0 bridgehead atoms. The van der Waals surface area contributed by atoms with Crippen molar-refractivity contribution in [1.82, 2.24) is 4.90 Å². The Morgan fingerprint density at radius 1 is 1.30 bits per heavy atom. The highest BCUT2D eigenvalue weighted by molar-refractivity contribution is 5.46. The fraction of sp³-hybridized carbons (Fsp3) is 0.625. The molecule has 0 aromatic heterocycles. The monoisotopic (exact) mass is 277 g/mol. The van der Waals surface area contributed by atoms with Crippen LogP contribution in [0.1, 0.15) is 25.5 Å². The van der Waals surface area contributed by atoms with Crippen LogP contribution < -0.4 is 10.6 Å². The van der Waals surface area contributed by atoms with Crippen LogP contribution in [0.4, 0.5) is 5.69 Å². The molecule has 0 saturated carbocycles. The van der Waals surface area contributed by atoms with Gasteiger partial charge in [-0.1, -0.05) is 12.1 Å². The van der Waals surface area contributed by atoms with Gasteiger partial charge in [0.2, 0.25) is 0 Å². The van der Waals surface area contributed by atoms with Crippen LogP contribution in [0.25, 0.3) is 0 Å². The minimum absolute atomic E-state index is 0.0800. The van der Waals surface area contributed by atoms with Gasteiger partial charge in [-0.05, 0) is 31.5 Å². The Kier molecular flexibility index (Phi) is 5.02. The van der Waals surface area contributed by atoms with Crippen molar-refractivity contribution in [1.29, 1.82) is 0 Å². The van der Waals surface area contributed by atoms with E-state index in [9.17, 15) is 0 Å². The predicted octanol–water partition coefficient (Wildman–Crippen LogP) is 1.86. The molecule has 112 valence electrons. The number of hydrogen-bond acceptors (Lipinski definition) is 4. The molecule has 2 atom stereocenters. The first-order valence-electron chi connectivity index (χ1n) is 7.39. The Balaban J connectivity index is 2.28. The summed E-state index contributed by atoms with van der Waals surface area (Å²) in [7, 11) is 4.11. The van der Waals surface area contributed by atoms with Gasteiger partial charge in [-0.3, -0.25) is 4.90 Å². The third-order valence-corrected chi connectivity index (χ3v) is 4.04. The van der Waals surface area contributed by atoms with E-state index in [4.69, 9.17) is 10.5 Å². The number of rotatable bonds is 4. The minimum Gasteiger partial charge on any atom is -0.378 e. The molecule has 0 amide bonds. The molecule has 1 aliphatic rings. The zero-order valence-corrected chi connectivity index (χ0v) is 13.0. The SMILES string of the molecule is CC(C)N1CCOC(CN)C1c1ccc(N(C)C)cc1. The van der Waals surface area contributed by atoms with Crippen LogP contribution in [0.15, 0.2) is 24.3 Å². The average Bonchev–Trinajstić information content (AvgIpc) is 2.46. The molecule has 1 heterocycles. The summed E-state index contributed by atoms with van der Waals surface area (Å²) in [5, 5.41) is 0. The maximum Gasteiger partial charge on any atom is 0.0894 e. The predicted molar refractivity (Wildman–Crippen MR) is 84.1 cm³/mol. The Bertz CT molecular complexity index is 416. The summed E-state index contributed by atoms with van der Waals surface area (Å²) in [5.41, 5.74) is 8.42. The molecule has 1 aromatic rings. The van der Waals surface area contributed by atoms with Crippen molar-refractivity contribution in [2.24, 2.45) is 5.73 Å². The van der Waals surface area contributed by atoms with Gasteiger partial charge in [-0.25, -0.2) is 0 Å². The highest BCUT2D eigenvalue weighted by atomic mass is 16.5. The summed E-state index contributed by atoms with van der Waals surface area (Å²) in [4.78, 5) is 4.60. The second-order valence-corrected chi connectivity index (χ2v) is 5.91. The Morgan fingerprint density at radius 2 is 1.95 bits per heavy atom. The molecule has 0 radical (unpaired) electrons. The van der Waals surface area contributed by atoms with E-state index in [1.54, 1.807) is 0 Å². The smallest absolute Gasteiger partial charge is 0.0894 e. The highest BCUT2D eigenvalue weighted by Gasteiger charge is 2.33. The lowest BCUT2D eigenvalue weighted by Crippen LogP contribution is -2.50. The molecule has 1 aliphatic heterocycles. The molecule has 2 rings (SSSR count). The van der Waals surface area contributed by atoms with E-state index >= 15 is 0 Å². The number of nitrogens with zero attached hydrogens (tertiary/aromatic N) is 2. The van der Waals surface area contributed by atoms with Crippen LogP contribution in [-0.2, 0) is 4.74 Å². The lowest BCUT2D eigenvalue weighted by atomic mass is 9.96. The number of anilines is 1. The summed E-state index contributed by atoms with van der Waals surface area (Å²) in [6.07, 6.45) is 0.0800. The molecule has 1 fully saturated rings. The van der Waals surface area contributed by atoms with Gasteiger partial charge in [-0.2, -0.15) is 0 Å². The molecular formula is C16H27N3O. The fourth-order valence-electron chi connectivity index (χ4n) is 2.91. The molecule has 2 unspecified atom stereocenters. The van der Waals surface area contributed by atoms with Crippen molar-refractivity contribution in [3.05, 3.63) is 29.8 Å². The molecule has 1 aromatic carbocycles. The summed E-state index contributed by atoms with van der Waals surface area (Å²) >= 11 is 0. The van der Waals surface area contributed by atoms with Crippen LogP contribution in [0.3, 0.4) is 0 Å². The van der Waals surface area contributed by atoms with Crippen LogP contribution in [0.5, 0.6) is 0 Å². The lowest BCUT2D eigenvalue weighted by molar-refractivity contribution is -0.0789. The van der Waals surface area contributed by atoms with Gasteiger partial charge in [-0.15, -0.1) is 0 Å². The van der Waals surface area contributed by atoms with E-state index in [0.29, 0.717) is 12.6 Å². The first-order chi connectivity index (χ1) is 9.54. The second kappa shape index (κ2) is 6.57. The summed E-state index contributed by atoms with van der Waals surface area (Å²) in [6, 6.07) is 9.47. The largest absolute Gasteiger partial charge is 0.378 e. The molecular weight excluding hydrogens is 250 g/mol. The zero-order valence-electron chi connectivity index (χ0n) is 13.0. The summed E-state index contributed by atoms with van der Waals surface area (Å²) < 4.78 is 5.88. The van der Waals surface area contributed by atoms with E-state index < -0.39 is 0 Å². The maximum atomic E-state index is 5.91. The normalized spacial score (nSPS) is 24.1. The van der Waals surface area contributed by atoms with Crippen molar-refractivity contribution in [3.8, 4) is 0 Å². The Morgan fingerprint density at radius 3 is 2.45 bits per heavy atom. The van der Waals surface area contributed by atoms with Crippen LogP contribution in [0, 0.1) is 0 Å². The van der Waals surface area contributed by atoms with Crippen molar-refractivity contribution >= 4 is 5.69 Å². The Hall–Kier alpha value is -1.10. The lowest BCUT2D eigenvalue weighted by Gasteiger charge is -2.43. The van der Waals surface area contributed by atoms with Gasteiger partial charge in [0.15, 0.2) is 0 Å². The van der Waals surface area contributed by atoms with Gasteiger partial charge in [0.1, 0.15) is 0 Å². The first kappa shape index (κ1) is 15.3. The quantitative estimate of drug-likeness (QED) is 0.912. The van der Waals surface area contributed by atoms with Crippen molar-refractivity contribution in [3.63, 3.8) is 0 Å². The van der Waals surface area contributed by atoms with Crippen LogP contribution >= 0.6 is 0 Å². The number of hydrogen-bond donors (Lipinski definition) is 1. The van der Waals surface area contributed by atoms with E-state index in [1.165, 1.54) is 11.3 Å². The van der Waals surface area contributed by atoms with Gasteiger partial charge < -0.3 is 15.4 Å². The molecule has 0 spiro atoms. The molecule has 4 heteroatoms. The highest BCUT2D eigenvalue weighted by Crippen LogP contribution is 2.31. The topological polar surface area (TPSA) is 41.7 Å². The summed E-state index contributed by atoms with van der Waals surface area (Å²) in [5.74, 6) is 0. The van der Waals surface area contributed by atoms with Crippen molar-refractivity contribution in [2.45, 2.75) is 32.0 Å². The number of nitrogens with two attached hydrogens (primary N) is 1. The molecule has 4 nitrogen and oxygen atoms in total. The number of benzene rings is 1. The fourth-order valence-corrected chi connectivity index (χ4v) is 2.91. The van der Waals surface area contributed by atoms with E-state index in [2.05, 4.69) is 62.0 Å². The second-order valence-electron chi connectivity index (χ2n) is 5.91. The summed E-state index contributed by atoms with van der Waals surface area (Å²) in [6.45, 7) is 6.77. The molecule has 1 saturated heterocycles. The number of ether oxygens (including phenoxy) is 1. The van der Waals surface area contributed by atoms with Crippen molar-refractivity contribution < 1.29 is 4.74 Å². The third-order valence-electron chi connectivity index (χ3n) is 4.04.